The molecule has 1 aliphatic rings. The van der Waals surface area contributed by atoms with Crippen LogP contribution in [0.15, 0.2) is 15.8 Å². The standard InChI is InChI=1S/C13H19N3O3/c1-9(17)11-7-14-13(19)16(12(11)18)8-10-3-5-15(2)6-4-10/h7,10H,3-6,8H2,1-2H3,(H,14,19). The molecule has 1 aromatic rings. The van der Waals surface area contributed by atoms with Gasteiger partial charge in [-0.15, -0.1) is 0 Å². The lowest BCUT2D eigenvalue weighted by atomic mass is 9.97. The van der Waals surface area contributed by atoms with E-state index in [9.17, 15) is 14.4 Å². The highest BCUT2D eigenvalue weighted by Crippen LogP contribution is 2.16. The molecule has 0 bridgehead atoms. The van der Waals surface area contributed by atoms with E-state index < -0.39 is 11.2 Å². The zero-order valence-corrected chi connectivity index (χ0v) is 11.3. The number of rotatable bonds is 3. The van der Waals surface area contributed by atoms with Crippen molar-refractivity contribution < 1.29 is 4.79 Å². The van der Waals surface area contributed by atoms with Crippen molar-refractivity contribution in [3.63, 3.8) is 0 Å². The largest absolute Gasteiger partial charge is 0.328 e. The fourth-order valence-corrected chi connectivity index (χ4v) is 2.43. The van der Waals surface area contributed by atoms with Crippen LogP contribution in [0.25, 0.3) is 0 Å². The third kappa shape index (κ3) is 3.01. The summed E-state index contributed by atoms with van der Waals surface area (Å²) in [6.07, 6.45) is 3.14. The van der Waals surface area contributed by atoms with Gasteiger partial charge in [0, 0.05) is 12.7 Å². The van der Waals surface area contributed by atoms with Gasteiger partial charge in [0.1, 0.15) is 0 Å². The molecule has 6 nitrogen and oxygen atoms in total. The van der Waals surface area contributed by atoms with E-state index in [2.05, 4.69) is 16.9 Å². The van der Waals surface area contributed by atoms with Crippen molar-refractivity contribution in [1.29, 1.82) is 0 Å². The van der Waals surface area contributed by atoms with Gasteiger partial charge in [0.05, 0.1) is 5.56 Å². The van der Waals surface area contributed by atoms with Crippen LogP contribution in [0, 0.1) is 5.92 Å². The van der Waals surface area contributed by atoms with Crippen LogP contribution in [-0.4, -0.2) is 40.4 Å². The van der Waals surface area contributed by atoms with Crippen molar-refractivity contribution >= 4 is 5.78 Å². The van der Waals surface area contributed by atoms with Gasteiger partial charge >= 0.3 is 5.69 Å². The number of hydrogen-bond donors (Lipinski definition) is 1. The molecule has 1 aromatic heterocycles. The minimum absolute atomic E-state index is 0.0486. The molecule has 0 aliphatic carbocycles. The van der Waals surface area contributed by atoms with E-state index >= 15 is 0 Å². The Bertz CT molecular complexity index is 580. The first-order chi connectivity index (χ1) is 8.99. The second-order valence-corrected chi connectivity index (χ2v) is 5.23. The lowest BCUT2D eigenvalue weighted by molar-refractivity contribution is 0.101. The van der Waals surface area contributed by atoms with Crippen molar-refractivity contribution in [3.8, 4) is 0 Å². The molecule has 2 rings (SSSR count). The van der Waals surface area contributed by atoms with E-state index in [1.807, 2.05) is 0 Å². The van der Waals surface area contributed by atoms with Gasteiger partial charge in [-0.1, -0.05) is 0 Å². The van der Waals surface area contributed by atoms with Crippen molar-refractivity contribution in [3.05, 3.63) is 32.6 Å². The minimum Gasteiger partial charge on any atom is -0.313 e. The number of likely N-dealkylation sites (tertiary alicyclic amines) is 1. The van der Waals surface area contributed by atoms with E-state index in [1.54, 1.807) is 0 Å². The van der Waals surface area contributed by atoms with E-state index in [0.717, 1.165) is 30.5 Å². The molecule has 104 valence electrons. The Morgan fingerprint density at radius 2 is 2.00 bits per heavy atom. The molecule has 0 unspecified atom stereocenters. The Balaban J connectivity index is 2.25. The van der Waals surface area contributed by atoms with Crippen molar-refractivity contribution in [2.24, 2.45) is 5.92 Å². The number of nitrogens with zero attached hydrogens (tertiary/aromatic N) is 2. The Labute approximate surface area is 111 Å². The van der Waals surface area contributed by atoms with Crippen LogP contribution in [0.5, 0.6) is 0 Å². The smallest absolute Gasteiger partial charge is 0.313 e. The lowest BCUT2D eigenvalue weighted by Gasteiger charge is -2.28. The van der Waals surface area contributed by atoms with E-state index in [4.69, 9.17) is 0 Å². The number of Topliss-reactive ketones (excluding diaryl/α,β-unsaturated/α-hetero) is 1. The van der Waals surface area contributed by atoms with Gasteiger partial charge in [-0.3, -0.25) is 14.2 Å². The Kier molecular flexibility index (Phi) is 3.99. The summed E-state index contributed by atoms with van der Waals surface area (Å²) in [5.74, 6) is -0.00409. The summed E-state index contributed by atoms with van der Waals surface area (Å²) in [6, 6.07) is 0. The molecule has 0 spiro atoms. The molecular formula is C13H19N3O3. The monoisotopic (exact) mass is 265 g/mol. The minimum atomic E-state index is -0.477. The topological polar surface area (TPSA) is 75.2 Å². The molecule has 0 saturated carbocycles. The van der Waals surface area contributed by atoms with Crippen LogP contribution in [-0.2, 0) is 6.54 Å². The quantitative estimate of drug-likeness (QED) is 0.785. The van der Waals surface area contributed by atoms with Crippen molar-refractivity contribution in [1.82, 2.24) is 14.5 Å². The first-order valence-corrected chi connectivity index (χ1v) is 6.51. The highest BCUT2D eigenvalue weighted by atomic mass is 16.2. The average Bonchev–Trinajstić information content (AvgIpc) is 2.36. The van der Waals surface area contributed by atoms with Gasteiger partial charge in [-0.25, -0.2) is 4.79 Å². The Morgan fingerprint density at radius 3 is 2.58 bits per heavy atom. The lowest BCUT2D eigenvalue weighted by Crippen LogP contribution is -2.41. The summed E-state index contributed by atoms with van der Waals surface area (Å²) in [6.45, 7) is 3.67. The predicted molar refractivity (Wildman–Crippen MR) is 71.5 cm³/mol. The second kappa shape index (κ2) is 5.52. The molecule has 0 radical (unpaired) electrons. The van der Waals surface area contributed by atoms with Crippen molar-refractivity contribution in [2.45, 2.75) is 26.3 Å². The van der Waals surface area contributed by atoms with Crippen LogP contribution in [0.3, 0.4) is 0 Å². The SMILES string of the molecule is CC(=O)c1c[nH]c(=O)n(CC2CCN(C)CC2)c1=O. The first kappa shape index (κ1) is 13.7. The highest BCUT2D eigenvalue weighted by molar-refractivity contribution is 5.93. The van der Waals surface area contributed by atoms with Gasteiger partial charge < -0.3 is 9.88 Å². The molecule has 1 saturated heterocycles. The Hall–Kier alpha value is -1.69. The number of H-pyrrole nitrogens is 1. The van der Waals surface area contributed by atoms with Gasteiger partial charge in [-0.2, -0.15) is 0 Å². The average molecular weight is 265 g/mol. The molecule has 0 atom stereocenters. The number of hydrogen-bond acceptors (Lipinski definition) is 4. The predicted octanol–water partition coefficient (Wildman–Crippen LogP) is 0.0810. The van der Waals surface area contributed by atoms with Gasteiger partial charge in [0.15, 0.2) is 5.78 Å². The maximum Gasteiger partial charge on any atom is 0.328 e. The molecule has 2 heterocycles. The highest BCUT2D eigenvalue weighted by Gasteiger charge is 2.19. The summed E-state index contributed by atoms with van der Waals surface area (Å²) >= 11 is 0. The maximum atomic E-state index is 12.1. The van der Waals surface area contributed by atoms with Crippen LogP contribution in [0.4, 0.5) is 0 Å². The van der Waals surface area contributed by atoms with E-state index in [0.29, 0.717) is 12.5 Å². The zero-order chi connectivity index (χ0) is 14.0. The molecule has 1 N–H and O–H groups in total. The molecule has 0 amide bonds. The fourth-order valence-electron chi connectivity index (χ4n) is 2.43. The zero-order valence-electron chi connectivity index (χ0n) is 11.3. The molecular weight excluding hydrogens is 246 g/mol. The van der Waals surface area contributed by atoms with Crippen LogP contribution < -0.4 is 11.2 Å². The summed E-state index contributed by atoms with van der Waals surface area (Å²) < 4.78 is 1.16. The maximum absolute atomic E-state index is 12.1. The fraction of sp³-hybridized carbons (Fsp3) is 0.615. The number of aromatic nitrogens is 2. The molecule has 19 heavy (non-hydrogen) atoms. The number of nitrogens with one attached hydrogen (secondary N) is 1. The van der Waals surface area contributed by atoms with Crippen molar-refractivity contribution in [2.75, 3.05) is 20.1 Å². The molecule has 1 aliphatic heterocycles. The third-order valence-electron chi connectivity index (χ3n) is 3.72. The first-order valence-electron chi connectivity index (χ1n) is 6.51. The summed E-state index contributed by atoms with van der Waals surface area (Å²) in [7, 11) is 2.06. The number of carbonyl (C=O) groups excluding carboxylic acids is 1. The Morgan fingerprint density at radius 1 is 1.37 bits per heavy atom. The number of piperidine rings is 1. The summed E-state index contributed by atoms with van der Waals surface area (Å²) in [5.41, 5.74) is -0.864. The van der Waals surface area contributed by atoms with Crippen LogP contribution in [0.1, 0.15) is 30.1 Å². The normalized spacial score (nSPS) is 17.6. The molecule has 0 aromatic carbocycles. The van der Waals surface area contributed by atoms with Gasteiger partial charge in [0.25, 0.3) is 5.56 Å². The van der Waals surface area contributed by atoms with E-state index in [1.165, 1.54) is 13.1 Å². The molecule has 1 fully saturated rings. The summed E-state index contributed by atoms with van der Waals surface area (Å²) in [5, 5.41) is 0. The number of ketones is 1. The van der Waals surface area contributed by atoms with E-state index in [-0.39, 0.29) is 11.3 Å². The number of aromatic amines is 1. The van der Waals surface area contributed by atoms with Gasteiger partial charge in [-0.05, 0) is 45.8 Å². The van der Waals surface area contributed by atoms with Gasteiger partial charge in [0.2, 0.25) is 0 Å². The van der Waals surface area contributed by atoms with Crippen LogP contribution in [0.2, 0.25) is 0 Å². The van der Waals surface area contributed by atoms with Crippen LogP contribution >= 0.6 is 0 Å². The summed E-state index contributed by atoms with van der Waals surface area (Å²) in [4.78, 5) is 39.8. The third-order valence-corrected chi connectivity index (χ3v) is 3.72. The number of carbonyl (C=O) groups is 1. The molecule has 6 heteroatoms. The second-order valence-electron chi connectivity index (χ2n) is 5.23.